The number of aryl methyl sites for hydroxylation is 2. The molecule has 2 aromatic carbocycles. The standard InChI is InChI=1S/C22H26Cl2N2O3S/c23-20-11-7-18(16-21(20)24)4-3-13-25-22(27)12-8-17-5-9-19(10-6-17)30(28,29)26-14-1-2-15-26/h5-7,9-11,16H,1-4,8,12-15H2,(H,25,27). The zero-order valence-corrected chi connectivity index (χ0v) is 19.1. The minimum absolute atomic E-state index is 0.0158. The molecular weight excluding hydrogens is 443 g/mol. The van der Waals surface area contributed by atoms with Crippen molar-refractivity contribution >= 4 is 39.1 Å². The van der Waals surface area contributed by atoms with Crippen LogP contribution in [-0.2, 0) is 27.7 Å². The Bertz CT molecular complexity index is 972. The van der Waals surface area contributed by atoms with Crippen molar-refractivity contribution in [1.29, 1.82) is 0 Å². The summed E-state index contributed by atoms with van der Waals surface area (Å²) in [6.07, 6.45) is 4.39. The van der Waals surface area contributed by atoms with Crippen LogP contribution in [0.2, 0.25) is 10.0 Å². The summed E-state index contributed by atoms with van der Waals surface area (Å²) in [7, 11) is -3.39. The van der Waals surface area contributed by atoms with E-state index in [0.29, 0.717) is 47.4 Å². The van der Waals surface area contributed by atoms with Gasteiger partial charge in [0.15, 0.2) is 0 Å². The molecule has 0 radical (unpaired) electrons. The van der Waals surface area contributed by atoms with Crippen molar-refractivity contribution in [3.63, 3.8) is 0 Å². The molecule has 162 valence electrons. The molecule has 1 N–H and O–H groups in total. The summed E-state index contributed by atoms with van der Waals surface area (Å²) in [5, 5.41) is 4.00. The van der Waals surface area contributed by atoms with E-state index in [1.54, 1.807) is 30.3 Å². The molecule has 2 aromatic rings. The Labute approximate surface area is 188 Å². The molecule has 0 bridgehead atoms. The summed E-state index contributed by atoms with van der Waals surface area (Å²) >= 11 is 11.9. The van der Waals surface area contributed by atoms with Gasteiger partial charge in [0.05, 0.1) is 14.9 Å². The molecule has 0 unspecified atom stereocenters. The van der Waals surface area contributed by atoms with Gasteiger partial charge in [-0.2, -0.15) is 4.31 Å². The van der Waals surface area contributed by atoms with Crippen LogP contribution in [-0.4, -0.2) is 38.3 Å². The SMILES string of the molecule is O=C(CCc1ccc(S(=O)(=O)N2CCCC2)cc1)NCCCc1ccc(Cl)c(Cl)c1. The van der Waals surface area contributed by atoms with Gasteiger partial charge in [0.2, 0.25) is 15.9 Å². The third-order valence-electron chi connectivity index (χ3n) is 5.22. The molecule has 30 heavy (non-hydrogen) atoms. The molecule has 1 aliphatic rings. The van der Waals surface area contributed by atoms with E-state index in [-0.39, 0.29) is 5.91 Å². The number of rotatable bonds is 9. The van der Waals surface area contributed by atoms with E-state index in [9.17, 15) is 13.2 Å². The first-order valence-electron chi connectivity index (χ1n) is 10.2. The molecule has 8 heteroatoms. The third kappa shape index (κ3) is 6.20. The van der Waals surface area contributed by atoms with Crippen molar-refractivity contribution < 1.29 is 13.2 Å². The second-order valence-corrected chi connectivity index (χ2v) is 10.2. The van der Waals surface area contributed by atoms with E-state index < -0.39 is 10.0 Å². The average molecular weight is 469 g/mol. The number of hydrogen-bond donors (Lipinski definition) is 1. The van der Waals surface area contributed by atoms with Gasteiger partial charge in [0, 0.05) is 26.1 Å². The first-order chi connectivity index (χ1) is 14.4. The number of nitrogens with zero attached hydrogens (tertiary/aromatic N) is 1. The van der Waals surface area contributed by atoms with Gasteiger partial charge >= 0.3 is 0 Å². The summed E-state index contributed by atoms with van der Waals surface area (Å²) in [4.78, 5) is 12.4. The summed E-state index contributed by atoms with van der Waals surface area (Å²) in [5.74, 6) is -0.0158. The number of amides is 1. The highest BCUT2D eigenvalue weighted by Gasteiger charge is 2.26. The van der Waals surface area contributed by atoms with Crippen molar-refractivity contribution in [1.82, 2.24) is 9.62 Å². The van der Waals surface area contributed by atoms with Crippen molar-refractivity contribution in [2.24, 2.45) is 0 Å². The molecule has 0 atom stereocenters. The molecule has 1 aliphatic heterocycles. The number of carbonyl (C=O) groups excluding carboxylic acids is 1. The monoisotopic (exact) mass is 468 g/mol. The third-order valence-corrected chi connectivity index (χ3v) is 7.87. The fraction of sp³-hybridized carbons (Fsp3) is 0.409. The van der Waals surface area contributed by atoms with Gasteiger partial charge in [-0.25, -0.2) is 8.42 Å². The molecule has 0 aromatic heterocycles. The zero-order valence-electron chi connectivity index (χ0n) is 16.7. The van der Waals surface area contributed by atoms with Crippen LogP contribution in [0.1, 0.15) is 36.8 Å². The van der Waals surface area contributed by atoms with Crippen LogP contribution in [0.15, 0.2) is 47.4 Å². The first-order valence-corrected chi connectivity index (χ1v) is 12.4. The number of nitrogens with one attached hydrogen (secondary N) is 1. The van der Waals surface area contributed by atoms with Crippen LogP contribution >= 0.6 is 23.2 Å². The Morgan fingerprint density at radius 2 is 1.60 bits per heavy atom. The lowest BCUT2D eigenvalue weighted by molar-refractivity contribution is -0.121. The second kappa shape index (κ2) is 10.6. The highest BCUT2D eigenvalue weighted by Crippen LogP contribution is 2.23. The molecular formula is C22H26Cl2N2O3S. The van der Waals surface area contributed by atoms with E-state index in [4.69, 9.17) is 23.2 Å². The van der Waals surface area contributed by atoms with Crippen LogP contribution in [0.4, 0.5) is 0 Å². The van der Waals surface area contributed by atoms with Gasteiger partial charge in [-0.05, 0) is 67.5 Å². The van der Waals surface area contributed by atoms with Crippen molar-refractivity contribution in [3.8, 4) is 0 Å². The largest absolute Gasteiger partial charge is 0.356 e. The van der Waals surface area contributed by atoms with E-state index in [2.05, 4.69) is 5.32 Å². The fourth-order valence-electron chi connectivity index (χ4n) is 3.47. The Morgan fingerprint density at radius 3 is 2.27 bits per heavy atom. The van der Waals surface area contributed by atoms with Crippen molar-refractivity contribution in [2.75, 3.05) is 19.6 Å². The number of carbonyl (C=O) groups is 1. The lowest BCUT2D eigenvalue weighted by Gasteiger charge is -2.15. The van der Waals surface area contributed by atoms with Crippen LogP contribution in [0.25, 0.3) is 0 Å². The van der Waals surface area contributed by atoms with E-state index in [0.717, 1.165) is 36.8 Å². The highest BCUT2D eigenvalue weighted by atomic mass is 35.5. The summed E-state index contributed by atoms with van der Waals surface area (Å²) in [5.41, 5.74) is 2.03. The van der Waals surface area contributed by atoms with Gasteiger partial charge in [-0.1, -0.05) is 41.4 Å². The maximum Gasteiger partial charge on any atom is 0.243 e. The Hall–Kier alpha value is -1.60. The smallest absolute Gasteiger partial charge is 0.243 e. The number of halogens is 2. The Morgan fingerprint density at radius 1 is 0.933 bits per heavy atom. The zero-order chi connectivity index (χ0) is 21.6. The van der Waals surface area contributed by atoms with Crippen LogP contribution in [0, 0.1) is 0 Å². The fourth-order valence-corrected chi connectivity index (χ4v) is 5.31. The van der Waals surface area contributed by atoms with Gasteiger partial charge in [0.25, 0.3) is 0 Å². The number of benzene rings is 2. The lowest BCUT2D eigenvalue weighted by Crippen LogP contribution is -2.27. The molecule has 3 rings (SSSR count). The predicted octanol–water partition coefficient (Wildman–Crippen LogP) is 4.46. The van der Waals surface area contributed by atoms with Crippen molar-refractivity contribution in [3.05, 3.63) is 63.6 Å². The van der Waals surface area contributed by atoms with Crippen LogP contribution in [0.3, 0.4) is 0 Å². The van der Waals surface area contributed by atoms with Crippen LogP contribution in [0.5, 0.6) is 0 Å². The maximum atomic E-state index is 12.5. The minimum Gasteiger partial charge on any atom is -0.356 e. The van der Waals surface area contributed by atoms with E-state index in [1.807, 2.05) is 12.1 Å². The summed E-state index contributed by atoms with van der Waals surface area (Å²) < 4.78 is 26.6. The topological polar surface area (TPSA) is 66.5 Å². The molecule has 0 saturated carbocycles. The Balaban J connectivity index is 1.39. The minimum atomic E-state index is -3.39. The second-order valence-electron chi connectivity index (χ2n) is 7.46. The number of hydrogen-bond acceptors (Lipinski definition) is 3. The summed E-state index contributed by atoms with van der Waals surface area (Å²) in [6.45, 7) is 1.77. The average Bonchev–Trinajstić information content (AvgIpc) is 3.28. The quantitative estimate of drug-likeness (QED) is 0.552. The first kappa shape index (κ1) is 23.1. The lowest BCUT2D eigenvalue weighted by atomic mass is 10.1. The summed E-state index contributed by atoms with van der Waals surface area (Å²) in [6, 6.07) is 12.4. The molecule has 1 heterocycles. The van der Waals surface area contributed by atoms with Crippen LogP contribution < -0.4 is 5.32 Å². The molecule has 0 spiro atoms. The van der Waals surface area contributed by atoms with Gasteiger partial charge < -0.3 is 5.32 Å². The van der Waals surface area contributed by atoms with E-state index >= 15 is 0 Å². The number of sulfonamides is 1. The maximum absolute atomic E-state index is 12.5. The molecule has 1 saturated heterocycles. The van der Waals surface area contributed by atoms with Crippen molar-refractivity contribution in [2.45, 2.75) is 43.4 Å². The molecule has 5 nitrogen and oxygen atoms in total. The highest BCUT2D eigenvalue weighted by molar-refractivity contribution is 7.89. The molecule has 1 amide bonds. The van der Waals surface area contributed by atoms with Gasteiger partial charge in [0.1, 0.15) is 0 Å². The predicted molar refractivity (Wildman–Crippen MR) is 121 cm³/mol. The normalized spacial score (nSPS) is 14.7. The molecule has 0 aliphatic carbocycles. The van der Waals surface area contributed by atoms with Gasteiger partial charge in [-0.15, -0.1) is 0 Å². The van der Waals surface area contributed by atoms with E-state index in [1.165, 1.54) is 4.31 Å². The van der Waals surface area contributed by atoms with Gasteiger partial charge in [-0.3, -0.25) is 4.79 Å². The molecule has 1 fully saturated rings. The Kier molecular flexibility index (Phi) is 8.17.